The maximum Gasteiger partial charge on any atom is 0.472 e. The summed E-state index contributed by atoms with van der Waals surface area (Å²) in [5.74, 6) is -0.137. The Morgan fingerprint density at radius 1 is 0.440 bits per heavy atom. The van der Waals surface area contributed by atoms with Gasteiger partial charge in [-0.2, -0.15) is 0 Å². The predicted octanol–water partition coefficient (Wildman–Crippen LogP) is 20.9. The second-order valence-electron chi connectivity index (χ2n) is 24.6. The molecule has 3 N–H and O–H groups in total. The SMILES string of the molecule is CCCCCCCCCCCCCCCCCCCC/C=C\CCCCCCCCCCCCCCCCCCCC(=O)NC(COP(=O)(O)OCC[N+](C)(C)C)C(O)CCCCCCCCCCCCCCCC. The Morgan fingerprint density at radius 2 is 0.720 bits per heavy atom. The fourth-order valence-electron chi connectivity index (χ4n) is 10.5. The van der Waals surface area contributed by atoms with Crippen molar-refractivity contribution in [1.29, 1.82) is 0 Å². The molecule has 0 rings (SSSR count). The number of hydrogen-bond acceptors (Lipinski definition) is 5. The lowest BCUT2D eigenvalue weighted by Crippen LogP contribution is -2.46. The Bertz CT molecular complexity index is 1230. The van der Waals surface area contributed by atoms with E-state index >= 15 is 0 Å². The van der Waals surface area contributed by atoms with E-state index in [0.717, 1.165) is 38.5 Å². The van der Waals surface area contributed by atoms with Gasteiger partial charge in [0, 0.05) is 6.42 Å². The maximum absolute atomic E-state index is 13.0. The van der Waals surface area contributed by atoms with Crippen LogP contribution in [0.4, 0.5) is 0 Å². The average Bonchev–Trinajstić information content (AvgIpc) is 3.37. The standard InChI is InChI=1S/C66H133N2O6P/c1-6-8-10-12-14-16-18-20-22-23-24-25-26-27-28-29-30-31-32-33-34-35-36-37-38-39-40-41-42-43-44-45-46-48-50-52-54-56-58-60-66(70)67-64(63-74-75(71,72)73-62-61-68(3,4)5)65(69)59-57-55-53-51-49-47-21-19-17-15-13-11-9-7-2/h33-34,64-65,69H,6-32,35-63H2,1-5H3,(H-,67,70,71,72)/p+1/b34-33-. The van der Waals surface area contributed by atoms with Gasteiger partial charge in [0.05, 0.1) is 39.9 Å². The second kappa shape index (κ2) is 57.9. The molecule has 0 aromatic rings. The molecule has 0 saturated heterocycles. The van der Waals surface area contributed by atoms with Gasteiger partial charge in [-0.05, 0) is 38.5 Å². The van der Waals surface area contributed by atoms with E-state index in [1.807, 2.05) is 21.1 Å². The largest absolute Gasteiger partial charge is 0.472 e. The van der Waals surface area contributed by atoms with Gasteiger partial charge in [0.2, 0.25) is 5.91 Å². The van der Waals surface area contributed by atoms with Crippen molar-refractivity contribution in [2.75, 3.05) is 40.9 Å². The second-order valence-corrected chi connectivity index (χ2v) is 26.0. The Balaban J connectivity index is 3.84. The van der Waals surface area contributed by atoms with Gasteiger partial charge in [-0.1, -0.05) is 321 Å². The minimum Gasteiger partial charge on any atom is -0.391 e. The smallest absolute Gasteiger partial charge is 0.391 e. The van der Waals surface area contributed by atoms with E-state index in [2.05, 4.69) is 31.3 Å². The highest BCUT2D eigenvalue weighted by Crippen LogP contribution is 2.43. The van der Waals surface area contributed by atoms with Crippen LogP contribution < -0.4 is 5.32 Å². The van der Waals surface area contributed by atoms with E-state index in [4.69, 9.17) is 9.05 Å². The van der Waals surface area contributed by atoms with Crippen LogP contribution in [0.1, 0.15) is 354 Å². The molecule has 0 saturated carbocycles. The Morgan fingerprint density at radius 3 is 1.03 bits per heavy atom. The van der Waals surface area contributed by atoms with E-state index < -0.39 is 20.0 Å². The van der Waals surface area contributed by atoms with Gasteiger partial charge >= 0.3 is 7.82 Å². The summed E-state index contributed by atoms with van der Waals surface area (Å²) < 4.78 is 23.8. The summed E-state index contributed by atoms with van der Waals surface area (Å²) in [5, 5.41) is 14.1. The molecule has 1 amide bonds. The zero-order chi connectivity index (χ0) is 54.9. The minimum atomic E-state index is -4.32. The number of carbonyl (C=O) groups excluding carboxylic acids is 1. The zero-order valence-electron chi connectivity index (χ0n) is 51.3. The lowest BCUT2D eigenvalue weighted by atomic mass is 10.0. The summed E-state index contributed by atoms with van der Waals surface area (Å²) in [6, 6.07) is -0.757. The number of phosphoric acid groups is 1. The Labute approximate surface area is 469 Å². The third-order valence-electron chi connectivity index (χ3n) is 15.8. The van der Waals surface area contributed by atoms with Crippen molar-refractivity contribution in [2.45, 2.75) is 366 Å². The monoisotopic (exact) mass is 1080 g/mol. The lowest BCUT2D eigenvalue weighted by molar-refractivity contribution is -0.870. The molecule has 0 heterocycles. The maximum atomic E-state index is 13.0. The molecule has 3 unspecified atom stereocenters. The number of quaternary nitrogens is 1. The Kier molecular flexibility index (Phi) is 57.3. The zero-order valence-corrected chi connectivity index (χ0v) is 52.2. The van der Waals surface area contributed by atoms with Crippen molar-refractivity contribution in [3.63, 3.8) is 0 Å². The number of rotatable bonds is 63. The number of allylic oxidation sites excluding steroid dienone is 2. The fourth-order valence-corrected chi connectivity index (χ4v) is 11.3. The minimum absolute atomic E-state index is 0.0778. The molecular weight excluding hydrogens is 948 g/mol. The molecule has 0 fully saturated rings. The van der Waals surface area contributed by atoms with Gasteiger partial charge in [0.1, 0.15) is 13.2 Å². The van der Waals surface area contributed by atoms with Gasteiger partial charge < -0.3 is 19.8 Å². The van der Waals surface area contributed by atoms with E-state index in [0.29, 0.717) is 23.9 Å². The van der Waals surface area contributed by atoms with Crippen molar-refractivity contribution in [3.05, 3.63) is 12.2 Å². The van der Waals surface area contributed by atoms with E-state index in [9.17, 15) is 19.4 Å². The van der Waals surface area contributed by atoms with Gasteiger partial charge in [-0.15, -0.1) is 0 Å². The molecule has 448 valence electrons. The van der Waals surface area contributed by atoms with E-state index in [1.165, 1.54) is 289 Å². The highest BCUT2D eigenvalue weighted by molar-refractivity contribution is 7.47. The van der Waals surface area contributed by atoms with Gasteiger partial charge in [0.15, 0.2) is 0 Å². The number of unbranched alkanes of at least 4 members (excludes halogenated alkanes) is 48. The molecule has 9 heteroatoms. The predicted molar refractivity (Wildman–Crippen MR) is 328 cm³/mol. The molecule has 8 nitrogen and oxygen atoms in total. The van der Waals surface area contributed by atoms with Crippen molar-refractivity contribution in [2.24, 2.45) is 0 Å². The topological polar surface area (TPSA) is 105 Å². The lowest BCUT2D eigenvalue weighted by Gasteiger charge is -2.26. The first kappa shape index (κ1) is 74.2. The molecule has 0 aromatic carbocycles. The van der Waals surface area contributed by atoms with Crippen molar-refractivity contribution < 1.29 is 32.9 Å². The third-order valence-corrected chi connectivity index (χ3v) is 16.7. The Hall–Kier alpha value is -0.760. The molecule has 0 aliphatic carbocycles. The van der Waals surface area contributed by atoms with Crippen LogP contribution in [0.2, 0.25) is 0 Å². The van der Waals surface area contributed by atoms with Crippen LogP contribution in [0, 0.1) is 0 Å². The number of amides is 1. The molecule has 0 spiro atoms. The molecule has 0 radical (unpaired) electrons. The first-order chi connectivity index (χ1) is 36.5. The van der Waals surface area contributed by atoms with Gasteiger partial charge in [0.25, 0.3) is 0 Å². The number of aliphatic hydroxyl groups is 1. The van der Waals surface area contributed by atoms with Crippen LogP contribution in [-0.2, 0) is 18.4 Å². The number of aliphatic hydroxyl groups excluding tert-OH is 1. The molecule has 3 atom stereocenters. The first-order valence-electron chi connectivity index (χ1n) is 33.6. The number of nitrogens with one attached hydrogen (secondary N) is 1. The summed E-state index contributed by atoms with van der Waals surface area (Å²) in [4.78, 5) is 23.3. The summed E-state index contributed by atoms with van der Waals surface area (Å²) in [5.41, 5.74) is 0. The number of likely N-dealkylation sites (N-methyl/N-ethyl adjacent to an activating group) is 1. The summed E-state index contributed by atoms with van der Waals surface area (Å²) in [6.45, 7) is 4.94. The summed E-state index contributed by atoms with van der Waals surface area (Å²) in [6.07, 6.45) is 73.3. The molecule has 0 aliphatic heterocycles. The summed E-state index contributed by atoms with van der Waals surface area (Å²) >= 11 is 0. The molecule has 75 heavy (non-hydrogen) atoms. The van der Waals surface area contributed by atoms with Crippen LogP contribution >= 0.6 is 7.82 Å². The molecule has 0 bridgehead atoms. The molecular formula is C66H134N2O6P+. The third kappa shape index (κ3) is 60.7. The van der Waals surface area contributed by atoms with Crippen molar-refractivity contribution in [3.8, 4) is 0 Å². The van der Waals surface area contributed by atoms with Crippen LogP contribution in [0.25, 0.3) is 0 Å². The summed E-state index contributed by atoms with van der Waals surface area (Å²) in [7, 11) is 1.63. The average molecular weight is 1080 g/mol. The fraction of sp³-hybridized carbons (Fsp3) is 0.955. The van der Waals surface area contributed by atoms with E-state index in [-0.39, 0.29) is 19.1 Å². The number of nitrogens with zero attached hydrogens (tertiary/aromatic N) is 1. The highest BCUT2D eigenvalue weighted by Gasteiger charge is 2.28. The number of hydrogen-bond donors (Lipinski definition) is 3. The van der Waals surface area contributed by atoms with Crippen molar-refractivity contribution in [1.82, 2.24) is 5.32 Å². The van der Waals surface area contributed by atoms with Crippen LogP contribution in [0.3, 0.4) is 0 Å². The normalized spacial score (nSPS) is 13.7. The van der Waals surface area contributed by atoms with Crippen LogP contribution in [0.15, 0.2) is 12.2 Å². The van der Waals surface area contributed by atoms with Gasteiger partial charge in [-0.25, -0.2) is 4.57 Å². The molecule has 0 aliphatic rings. The highest BCUT2D eigenvalue weighted by atomic mass is 31.2. The number of phosphoric ester groups is 1. The molecule has 0 aromatic heterocycles. The quantitative estimate of drug-likeness (QED) is 0.0243. The van der Waals surface area contributed by atoms with Gasteiger partial charge in [-0.3, -0.25) is 13.8 Å². The van der Waals surface area contributed by atoms with Crippen LogP contribution in [0.5, 0.6) is 0 Å². The van der Waals surface area contributed by atoms with Crippen molar-refractivity contribution >= 4 is 13.7 Å². The van der Waals surface area contributed by atoms with Crippen LogP contribution in [-0.4, -0.2) is 73.4 Å². The number of carbonyl (C=O) groups is 1. The van der Waals surface area contributed by atoms with E-state index in [1.54, 1.807) is 0 Å². The first-order valence-corrected chi connectivity index (χ1v) is 35.0.